The van der Waals surface area contributed by atoms with E-state index in [0.29, 0.717) is 6.04 Å². The van der Waals surface area contributed by atoms with Crippen molar-refractivity contribution in [3.05, 3.63) is 45.4 Å². The van der Waals surface area contributed by atoms with Crippen LogP contribution in [0.1, 0.15) is 31.9 Å². The topological polar surface area (TPSA) is 12.0 Å². The molecule has 0 aliphatic carbocycles. The quantitative estimate of drug-likeness (QED) is 0.776. The first-order chi connectivity index (χ1) is 7.54. The van der Waals surface area contributed by atoms with Crippen LogP contribution in [0.4, 0.5) is 0 Å². The lowest BCUT2D eigenvalue weighted by Gasteiger charge is -2.19. The van der Waals surface area contributed by atoms with Gasteiger partial charge in [0.25, 0.3) is 0 Å². The Morgan fingerprint density at radius 1 is 1.56 bits per heavy atom. The third-order valence-corrected chi connectivity index (χ3v) is 3.56. The van der Waals surface area contributed by atoms with Crippen molar-refractivity contribution in [1.29, 1.82) is 0 Å². The Bertz CT molecular complexity index is 376. The highest BCUT2D eigenvalue weighted by molar-refractivity contribution is 9.10. The first-order valence-corrected chi connectivity index (χ1v) is 6.54. The summed E-state index contributed by atoms with van der Waals surface area (Å²) in [6.07, 6.45) is 0.946. The highest BCUT2D eigenvalue weighted by Crippen LogP contribution is 2.28. The second-order valence-electron chi connectivity index (χ2n) is 3.95. The standard InChI is InChI=1S/C13H17BrClN/c1-4-16-13(7-9(2)3)10-5-6-12(15)11(14)8-10/h5-6,8,13,16H,2,4,7H2,1,3H3. The highest BCUT2D eigenvalue weighted by atomic mass is 79.9. The van der Waals surface area contributed by atoms with Gasteiger partial charge < -0.3 is 5.32 Å². The zero-order chi connectivity index (χ0) is 12.1. The van der Waals surface area contributed by atoms with E-state index < -0.39 is 0 Å². The fourth-order valence-electron chi connectivity index (χ4n) is 1.63. The van der Waals surface area contributed by atoms with E-state index in [4.69, 9.17) is 11.6 Å². The molecule has 1 aromatic carbocycles. The van der Waals surface area contributed by atoms with Gasteiger partial charge in [-0.15, -0.1) is 6.58 Å². The van der Waals surface area contributed by atoms with Gasteiger partial charge in [0, 0.05) is 10.5 Å². The van der Waals surface area contributed by atoms with Gasteiger partial charge in [0.05, 0.1) is 5.02 Å². The lowest BCUT2D eigenvalue weighted by atomic mass is 10.0. The monoisotopic (exact) mass is 301 g/mol. The molecule has 0 aliphatic heterocycles. The molecule has 0 saturated carbocycles. The molecule has 1 unspecified atom stereocenters. The van der Waals surface area contributed by atoms with Crippen molar-refractivity contribution >= 4 is 27.5 Å². The number of halogens is 2. The molecule has 16 heavy (non-hydrogen) atoms. The van der Waals surface area contributed by atoms with Crippen LogP contribution in [0.5, 0.6) is 0 Å². The van der Waals surface area contributed by atoms with E-state index >= 15 is 0 Å². The molecular formula is C13H17BrClN. The van der Waals surface area contributed by atoms with Crippen molar-refractivity contribution in [3.8, 4) is 0 Å². The first-order valence-electron chi connectivity index (χ1n) is 5.37. The largest absolute Gasteiger partial charge is 0.310 e. The fourth-order valence-corrected chi connectivity index (χ4v) is 2.15. The third kappa shape index (κ3) is 3.93. The van der Waals surface area contributed by atoms with Gasteiger partial charge in [0.2, 0.25) is 0 Å². The van der Waals surface area contributed by atoms with Gasteiger partial charge in [0.1, 0.15) is 0 Å². The average molecular weight is 303 g/mol. The molecular weight excluding hydrogens is 286 g/mol. The van der Waals surface area contributed by atoms with Crippen LogP contribution in [0, 0.1) is 0 Å². The molecule has 0 aromatic heterocycles. The van der Waals surface area contributed by atoms with Crippen LogP contribution >= 0.6 is 27.5 Å². The van der Waals surface area contributed by atoms with E-state index in [1.54, 1.807) is 0 Å². The minimum absolute atomic E-state index is 0.316. The van der Waals surface area contributed by atoms with E-state index in [2.05, 4.69) is 53.8 Å². The normalized spacial score (nSPS) is 12.5. The predicted molar refractivity (Wildman–Crippen MR) is 75.0 cm³/mol. The van der Waals surface area contributed by atoms with Crippen molar-refractivity contribution in [2.75, 3.05) is 6.54 Å². The Balaban J connectivity index is 2.91. The molecule has 1 aromatic rings. The molecule has 0 aliphatic rings. The van der Waals surface area contributed by atoms with Gasteiger partial charge >= 0.3 is 0 Å². The third-order valence-electron chi connectivity index (χ3n) is 2.35. The number of hydrogen-bond donors (Lipinski definition) is 1. The van der Waals surface area contributed by atoms with Gasteiger partial charge in [-0.1, -0.05) is 30.2 Å². The van der Waals surface area contributed by atoms with Crippen molar-refractivity contribution in [3.63, 3.8) is 0 Å². The molecule has 0 bridgehead atoms. The molecule has 0 radical (unpaired) electrons. The van der Waals surface area contributed by atoms with Crippen LogP contribution in [0.2, 0.25) is 5.02 Å². The Hall–Kier alpha value is -0.310. The Morgan fingerprint density at radius 3 is 2.75 bits per heavy atom. The summed E-state index contributed by atoms with van der Waals surface area (Å²) < 4.78 is 0.941. The summed E-state index contributed by atoms with van der Waals surface area (Å²) in [5.41, 5.74) is 2.41. The molecule has 0 fully saturated rings. The van der Waals surface area contributed by atoms with E-state index in [0.717, 1.165) is 22.5 Å². The second-order valence-corrected chi connectivity index (χ2v) is 5.21. The molecule has 0 saturated heterocycles. The number of rotatable bonds is 5. The van der Waals surface area contributed by atoms with E-state index in [1.165, 1.54) is 11.1 Å². The molecule has 1 atom stereocenters. The van der Waals surface area contributed by atoms with Crippen LogP contribution in [0.25, 0.3) is 0 Å². The lowest BCUT2D eigenvalue weighted by Crippen LogP contribution is -2.21. The first kappa shape index (κ1) is 13.8. The van der Waals surface area contributed by atoms with Gasteiger partial charge in [-0.3, -0.25) is 0 Å². The zero-order valence-corrected chi connectivity index (χ0v) is 12.0. The number of hydrogen-bond acceptors (Lipinski definition) is 1. The smallest absolute Gasteiger partial charge is 0.0548 e. The van der Waals surface area contributed by atoms with Crippen LogP contribution in [-0.2, 0) is 0 Å². The summed E-state index contributed by atoms with van der Waals surface area (Å²) in [5, 5.41) is 4.20. The van der Waals surface area contributed by atoms with Crippen molar-refractivity contribution in [1.82, 2.24) is 5.32 Å². The maximum atomic E-state index is 5.98. The second kappa shape index (κ2) is 6.43. The maximum Gasteiger partial charge on any atom is 0.0548 e. The molecule has 1 rings (SSSR count). The van der Waals surface area contributed by atoms with E-state index in [9.17, 15) is 0 Å². The molecule has 3 heteroatoms. The lowest BCUT2D eigenvalue weighted by molar-refractivity contribution is 0.548. The fraction of sp³-hybridized carbons (Fsp3) is 0.385. The molecule has 1 nitrogen and oxygen atoms in total. The predicted octanol–water partition coefficient (Wildman–Crippen LogP) is 4.72. The van der Waals surface area contributed by atoms with E-state index in [-0.39, 0.29) is 0 Å². The maximum absolute atomic E-state index is 5.98. The van der Waals surface area contributed by atoms with Crippen LogP contribution in [0.3, 0.4) is 0 Å². The molecule has 88 valence electrons. The van der Waals surface area contributed by atoms with Crippen molar-refractivity contribution < 1.29 is 0 Å². The molecule has 0 spiro atoms. The van der Waals surface area contributed by atoms with Gasteiger partial charge in [-0.05, 0) is 53.5 Å². The summed E-state index contributed by atoms with van der Waals surface area (Å²) in [7, 11) is 0. The Labute approximate surface area is 111 Å². The van der Waals surface area contributed by atoms with Crippen molar-refractivity contribution in [2.45, 2.75) is 26.3 Å². The number of nitrogens with one attached hydrogen (secondary N) is 1. The molecule has 0 heterocycles. The molecule has 0 amide bonds. The zero-order valence-electron chi connectivity index (χ0n) is 9.69. The summed E-state index contributed by atoms with van der Waals surface area (Å²) in [6.45, 7) is 9.07. The average Bonchev–Trinajstić information content (AvgIpc) is 2.21. The van der Waals surface area contributed by atoms with Gasteiger partial charge in [-0.2, -0.15) is 0 Å². The Morgan fingerprint density at radius 2 is 2.25 bits per heavy atom. The van der Waals surface area contributed by atoms with Gasteiger partial charge in [-0.25, -0.2) is 0 Å². The summed E-state index contributed by atoms with van der Waals surface area (Å²) in [4.78, 5) is 0. The summed E-state index contributed by atoms with van der Waals surface area (Å²) >= 11 is 9.43. The van der Waals surface area contributed by atoms with Crippen LogP contribution in [-0.4, -0.2) is 6.54 Å². The Kier molecular flexibility index (Phi) is 5.53. The highest BCUT2D eigenvalue weighted by Gasteiger charge is 2.11. The van der Waals surface area contributed by atoms with Crippen LogP contribution in [0.15, 0.2) is 34.8 Å². The number of benzene rings is 1. The van der Waals surface area contributed by atoms with Crippen molar-refractivity contribution in [2.24, 2.45) is 0 Å². The summed E-state index contributed by atoms with van der Waals surface area (Å²) in [5.74, 6) is 0. The van der Waals surface area contributed by atoms with Gasteiger partial charge in [0.15, 0.2) is 0 Å². The summed E-state index contributed by atoms with van der Waals surface area (Å²) in [6, 6.07) is 6.36. The van der Waals surface area contributed by atoms with E-state index in [1.807, 2.05) is 6.07 Å². The van der Waals surface area contributed by atoms with Crippen LogP contribution < -0.4 is 5.32 Å². The minimum atomic E-state index is 0.316. The molecule has 1 N–H and O–H groups in total. The SMILES string of the molecule is C=C(C)CC(NCC)c1ccc(Cl)c(Br)c1. The minimum Gasteiger partial charge on any atom is -0.310 e.